The van der Waals surface area contributed by atoms with Crippen molar-refractivity contribution in [2.75, 3.05) is 38.5 Å². The number of hydrogen-bond donors (Lipinski definition) is 2. The number of anilines is 1. The molecule has 1 saturated heterocycles. The average Bonchev–Trinajstić information content (AvgIpc) is 2.86. The lowest BCUT2D eigenvalue weighted by Gasteiger charge is -2.32. The lowest BCUT2D eigenvalue weighted by molar-refractivity contribution is 0.102. The molecule has 1 fully saturated rings. The fourth-order valence-electron chi connectivity index (χ4n) is 4.12. The van der Waals surface area contributed by atoms with Crippen LogP contribution in [0.4, 0.5) is 5.69 Å². The van der Waals surface area contributed by atoms with Crippen molar-refractivity contribution in [2.45, 2.75) is 6.54 Å². The van der Waals surface area contributed by atoms with Gasteiger partial charge in [-0.3, -0.25) is 24.5 Å². The van der Waals surface area contributed by atoms with Gasteiger partial charge < -0.3 is 15.2 Å². The Labute approximate surface area is 197 Å². The zero-order chi connectivity index (χ0) is 23.5. The van der Waals surface area contributed by atoms with E-state index in [1.165, 1.54) is 5.56 Å². The fourth-order valence-corrected chi connectivity index (χ4v) is 4.12. The van der Waals surface area contributed by atoms with E-state index in [1.807, 2.05) is 42.5 Å². The molecule has 0 spiro atoms. The lowest BCUT2D eigenvalue weighted by Crippen LogP contribution is -2.43. The van der Waals surface area contributed by atoms with Gasteiger partial charge in [0.1, 0.15) is 5.56 Å². The van der Waals surface area contributed by atoms with Gasteiger partial charge in [-0.1, -0.05) is 18.2 Å². The number of rotatable bonds is 5. The summed E-state index contributed by atoms with van der Waals surface area (Å²) >= 11 is 0. The summed E-state index contributed by atoms with van der Waals surface area (Å²) in [6.07, 6.45) is 4.88. The molecule has 0 saturated carbocycles. The summed E-state index contributed by atoms with van der Waals surface area (Å²) < 4.78 is 0. The normalized spacial score (nSPS) is 14.9. The summed E-state index contributed by atoms with van der Waals surface area (Å²) in [4.78, 5) is 41.3. The largest absolute Gasteiger partial charge is 0.328 e. The highest BCUT2D eigenvalue weighted by Crippen LogP contribution is 2.22. The van der Waals surface area contributed by atoms with Crippen LogP contribution in [-0.4, -0.2) is 63.9 Å². The molecule has 1 aliphatic rings. The molecule has 0 radical (unpaired) electrons. The molecule has 2 N–H and O–H groups in total. The second-order valence-electron chi connectivity index (χ2n) is 8.62. The lowest BCUT2D eigenvalue weighted by atomic mass is 10.0. The number of amides is 1. The minimum atomic E-state index is -0.449. The first-order valence-electron chi connectivity index (χ1n) is 11.3. The van der Waals surface area contributed by atoms with Crippen molar-refractivity contribution in [3.05, 3.63) is 88.6 Å². The number of pyridine rings is 1. The molecule has 0 unspecified atom stereocenters. The monoisotopic (exact) mass is 454 g/mol. The van der Waals surface area contributed by atoms with Crippen LogP contribution in [0.1, 0.15) is 15.9 Å². The van der Waals surface area contributed by atoms with E-state index in [0.717, 1.165) is 54.9 Å². The van der Waals surface area contributed by atoms with Crippen LogP contribution in [0.15, 0.2) is 71.9 Å². The van der Waals surface area contributed by atoms with Gasteiger partial charge in [0.15, 0.2) is 0 Å². The van der Waals surface area contributed by atoms with Crippen LogP contribution in [0.5, 0.6) is 0 Å². The minimum absolute atomic E-state index is 0.0539. The zero-order valence-corrected chi connectivity index (χ0v) is 19.0. The van der Waals surface area contributed by atoms with Gasteiger partial charge in [-0.25, -0.2) is 0 Å². The molecule has 2 aromatic carbocycles. The SMILES string of the molecule is CN1CCN(Cc2ccc(NC(=O)c3cc(-c4ccc5nccnc5c4)c[nH]c3=O)cc2)CC1. The third-order valence-corrected chi connectivity index (χ3v) is 6.16. The number of carbonyl (C=O) groups is 1. The third-order valence-electron chi connectivity index (χ3n) is 6.16. The number of nitrogens with one attached hydrogen (secondary N) is 2. The van der Waals surface area contributed by atoms with E-state index in [2.05, 4.69) is 37.1 Å². The number of H-pyrrole nitrogens is 1. The van der Waals surface area contributed by atoms with Crippen molar-refractivity contribution in [1.82, 2.24) is 24.8 Å². The highest BCUT2D eigenvalue weighted by atomic mass is 16.2. The molecule has 8 nitrogen and oxygen atoms in total. The van der Waals surface area contributed by atoms with E-state index in [0.29, 0.717) is 5.69 Å². The molecule has 8 heteroatoms. The maximum Gasteiger partial charge on any atom is 0.261 e. The Balaban J connectivity index is 1.30. The standard InChI is InChI=1S/C26H26N6O2/c1-31-10-12-32(13-11-31)17-18-2-5-21(6-3-18)30-26(34)22-14-20(16-29-25(22)33)19-4-7-23-24(15-19)28-9-8-27-23/h2-9,14-16H,10-13,17H2,1H3,(H,29,33)(H,30,34). The van der Waals surface area contributed by atoms with Gasteiger partial charge >= 0.3 is 0 Å². The van der Waals surface area contributed by atoms with E-state index in [-0.39, 0.29) is 5.56 Å². The number of nitrogens with zero attached hydrogens (tertiary/aromatic N) is 4. The van der Waals surface area contributed by atoms with Gasteiger partial charge in [-0.2, -0.15) is 0 Å². The first-order valence-corrected chi connectivity index (χ1v) is 11.3. The van der Waals surface area contributed by atoms with Crippen LogP contribution in [0.3, 0.4) is 0 Å². The molecule has 34 heavy (non-hydrogen) atoms. The van der Waals surface area contributed by atoms with E-state index >= 15 is 0 Å². The predicted octanol–water partition coefficient (Wildman–Crippen LogP) is 2.98. The number of carbonyl (C=O) groups excluding carboxylic acids is 1. The molecule has 4 aromatic rings. The Morgan fingerprint density at radius 2 is 1.68 bits per heavy atom. The average molecular weight is 455 g/mol. The number of likely N-dealkylation sites (N-methyl/N-ethyl adjacent to an activating group) is 1. The van der Waals surface area contributed by atoms with Gasteiger partial charge in [0.2, 0.25) is 0 Å². The summed E-state index contributed by atoms with van der Waals surface area (Å²) in [5, 5.41) is 2.84. The van der Waals surface area contributed by atoms with Crippen LogP contribution in [-0.2, 0) is 6.54 Å². The quantitative estimate of drug-likeness (QED) is 0.482. The third kappa shape index (κ3) is 4.88. The minimum Gasteiger partial charge on any atom is -0.328 e. The van der Waals surface area contributed by atoms with Crippen molar-refractivity contribution in [3.8, 4) is 11.1 Å². The van der Waals surface area contributed by atoms with E-state index < -0.39 is 11.5 Å². The number of benzene rings is 2. The summed E-state index contributed by atoms with van der Waals surface area (Å²) in [6.45, 7) is 5.15. The number of hydrogen-bond acceptors (Lipinski definition) is 6. The Morgan fingerprint density at radius 3 is 2.44 bits per heavy atom. The first kappa shape index (κ1) is 21.9. The number of aromatic nitrogens is 3. The molecule has 1 aliphatic heterocycles. The van der Waals surface area contributed by atoms with Crippen molar-refractivity contribution in [1.29, 1.82) is 0 Å². The number of piperazine rings is 1. The molecular weight excluding hydrogens is 428 g/mol. The summed E-state index contributed by atoms with van der Waals surface area (Å²) in [7, 11) is 2.14. The van der Waals surface area contributed by atoms with E-state index in [1.54, 1.807) is 24.7 Å². The summed E-state index contributed by atoms with van der Waals surface area (Å²) in [6, 6.07) is 15.0. The van der Waals surface area contributed by atoms with Crippen LogP contribution in [0.25, 0.3) is 22.2 Å². The van der Waals surface area contributed by atoms with Gasteiger partial charge in [0.25, 0.3) is 11.5 Å². The smallest absolute Gasteiger partial charge is 0.261 e. The molecular formula is C26H26N6O2. The molecule has 0 atom stereocenters. The van der Waals surface area contributed by atoms with Crippen LogP contribution < -0.4 is 10.9 Å². The van der Waals surface area contributed by atoms with Gasteiger partial charge in [-0.15, -0.1) is 0 Å². The Morgan fingerprint density at radius 1 is 0.941 bits per heavy atom. The highest BCUT2D eigenvalue weighted by molar-refractivity contribution is 6.04. The first-order chi connectivity index (χ1) is 16.5. The molecule has 172 valence electrons. The van der Waals surface area contributed by atoms with Crippen LogP contribution >= 0.6 is 0 Å². The van der Waals surface area contributed by atoms with Crippen molar-refractivity contribution < 1.29 is 4.79 Å². The molecule has 3 heterocycles. The zero-order valence-electron chi connectivity index (χ0n) is 19.0. The second kappa shape index (κ2) is 9.54. The Bertz CT molecular complexity index is 1370. The van der Waals surface area contributed by atoms with Crippen molar-refractivity contribution in [3.63, 3.8) is 0 Å². The fraction of sp³-hybridized carbons (Fsp3) is 0.231. The highest BCUT2D eigenvalue weighted by Gasteiger charge is 2.15. The van der Waals surface area contributed by atoms with E-state index in [4.69, 9.17) is 0 Å². The van der Waals surface area contributed by atoms with Crippen LogP contribution in [0.2, 0.25) is 0 Å². The Kier molecular flexibility index (Phi) is 6.16. The maximum absolute atomic E-state index is 12.9. The van der Waals surface area contributed by atoms with Crippen LogP contribution in [0, 0.1) is 0 Å². The number of aromatic amines is 1. The van der Waals surface area contributed by atoms with E-state index in [9.17, 15) is 9.59 Å². The molecule has 0 bridgehead atoms. The molecule has 2 aromatic heterocycles. The summed E-state index contributed by atoms with van der Waals surface area (Å²) in [5.74, 6) is -0.449. The molecule has 0 aliphatic carbocycles. The molecule has 1 amide bonds. The Hall–Kier alpha value is -3.88. The van der Waals surface area contributed by atoms with Crippen molar-refractivity contribution in [2.24, 2.45) is 0 Å². The predicted molar refractivity (Wildman–Crippen MR) is 133 cm³/mol. The van der Waals surface area contributed by atoms with Crippen molar-refractivity contribution >= 4 is 22.6 Å². The van der Waals surface area contributed by atoms with Gasteiger partial charge in [0.05, 0.1) is 11.0 Å². The van der Waals surface area contributed by atoms with Gasteiger partial charge in [0, 0.05) is 57.0 Å². The number of fused-ring (bicyclic) bond motifs is 1. The summed E-state index contributed by atoms with van der Waals surface area (Å²) in [5.41, 5.74) is 4.55. The molecule has 5 rings (SSSR count). The second-order valence-corrected chi connectivity index (χ2v) is 8.62. The topological polar surface area (TPSA) is 94.2 Å². The van der Waals surface area contributed by atoms with Gasteiger partial charge in [-0.05, 0) is 54.1 Å². The maximum atomic E-state index is 12.9.